The summed E-state index contributed by atoms with van der Waals surface area (Å²) in [7, 11) is 0. The molecule has 1 N–H and O–H groups in total. The highest BCUT2D eigenvalue weighted by molar-refractivity contribution is 5.81. The van der Waals surface area contributed by atoms with Crippen LogP contribution in [0.3, 0.4) is 0 Å². The monoisotopic (exact) mass is 309 g/mol. The summed E-state index contributed by atoms with van der Waals surface area (Å²) in [6.45, 7) is 0.869. The first-order valence-electron chi connectivity index (χ1n) is 7.78. The summed E-state index contributed by atoms with van der Waals surface area (Å²) in [5.41, 5.74) is 3.22. The van der Waals surface area contributed by atoms with Gasteiger partial charge in [-0.3, -0.25) is 9.59 Å². The van der Waals surface area contributed by atoms with Crippen molar-refractivity contribution in [3.63, 3.8) is 0 Å². The average molecular weight is 309 g/mol. The van der Waals surface area contributed by atoms with E-state index in [2.05, 4.69) is 12.1 Å². The highest BCUT2D eigenvalue weighted by atomic mass is 16.4. The fraction of sp³-hybridized carbons (Fsp3) is 0.263. The molecular weight excluding hydrogens is 290 g/mol. The number of rotatable bonds is 4. The van der Waals surface area contributed by atoms with Crippen LogP contribution in [0.2, 0.25) is 0 Å². The zero-order chi connectivity index (χ0) is 16.2. The number of likely N-dealkylation sites (tertiary alicyclic amines) is 1. The predicted octanol–water partition coefficient (Wildman–Crippen LogP) is 2.83. The average Bonchev–Trinajstić information content (AvgIpc) is 3.07. The Hall–Kier alpha value is -2.62. The van der Waals surface area contributed by atoms with Gasteiger partial charge in [0.2, 0.25) is 5.91 Å². The molecule has 23 heavy (non-hydrogen) atoms. The van der Waals surface area contributed by atoms with Crippen LogP contribution in [-0.2, 0) is 16.0 Å². The van der Waals surface area contributed by atoms with Crippen LogP contribution in [0.15, 0.2) is 54.6 Å². The molecule has 1 heterocycles. The molecular formula is C19H19NO3. The largest absolute Gasteiger partial charge is 0.481 e. The van der Waals surface area contributed by atoms with E-state index in [1.807, 2.05) is 42.5 Å². The van der Waals surface area contributed by atoms with Crippen LogP contribution in [0.25, 0.3) is 11.1 Å². The number of hydrogen-bond acceptors (Lipinski definition) is 2. The number of hydrogen-bond donors (Lipinski definition) is 1. The number of nitrogens with zero attached hydrogens (tertiary/aromatic N) is 1. The van der Waals surface area contributed by atoms with Gasteiger partial charge in [0.05, 0.1) is 12.3 Å². The van der Waals surface area contributed by atoms with E-state index in [1.54, 1.807) is 4.90 Å². The molecule has 4 heteroatoms. The zero-order valence-corrected chi connectivity index (χ0v) is 12.8. The van der Waals surface area contributed by atoms with Crippen LogP contribution < -0.4 is 0 Å². The fourth-order valence-corrected chi connectivity index (χ4v) is 2.92. The van der Waals surface area contributed by atoms with Gasteiger partial charge in [-0.15, -0.1) is 0 Å². The minimum Gasteiger partial charge on any atom is -0.481 e. The summed E-state index contributed by atoms with van der Waals surface area (Å²) >= 11 is 0. The highest BCUT2D eigenvalue weighted by Crippen LogP contribution is 2.21. The first kappa shape index (κ1) is 15.3. The molecule has 1 amide bonds. The van der Waals surface area contributed by atoms with Crippen LogP contribution in [0.5, 0.6) is 0 Å². The Labute approximate surface area is 135 Å². The van der Waals surface area contributed by atoms with Crippen molar-refractivity contribution < 1.29 is 14.7 Å². The second kappa shape index (κ2) is 6.65. The number of aliphatic carboxylic acids is 1. The van der Waals surface area contributed by atoms with Crippen LogP contribution in [0.4, 0.5) is 0 Å². The molecule has 0 aliphatic carbocycles. The van der Waals surface area contributed by atoms with E-state index in [-0.39, 0.29) is 5.91 Å². The van der Waals surface area contributed by atoms with Crippen LogP contribution in [0.1, 0.15) is 12.0 Å². The molecule has 4 nitrogen and oxygen atoms in total. The molecule has 0 saturated carbocycles. The molecule has 1 unspecified atom stereocenters. The van der Waals surface area contributed by atoms with Crippen LogP contribution >= 0.6 is 0 Å². The number of amides is 1. The Balaban J connectivity index is 1.62. The lowest BCUT2D eigenvalue weighted by Crippen LogP contribution is -2.31. The minimum atomic E-state index is -0.812. The minimum absolute atomic E-state index is 0.00112. The summed E-state index contributed by atoms with van der Waals surface area (Å²) in [6.07, 6.45) is 0.870. The molecule has 3 rings (SSSR count). The number of carbonyl (C=O) groups is 2. The Bertz CT molecular complexity index is 694. The van der Waals surface area contributed by atoms with E-state index >= 15 is 0 Å². The topological polar surface area (TPSA) is 57.6 Å². The molecule has 0 radical (unpaired) electrons. The van der Waals surface area contributed by atoms with E-state index in [4.69, 9.17) is 5.11 Å². The lowest BCUT2D eigenvalue weighted by atomic mass is 10.0. The SMILES string of the molecule is O=C(O)C1CCN(C(=O)Cc2ccc(-c3ccccc3)cc2)C1. The predicted molar refractivity (Wildman–Crippen MR) is 87.9 cm³/mol. The maximum atomic E-state index is 12.3. The fourth-order valence-electron chi connectivity index (χ4n) is 2.92. The molecule has 1 aliphatic rings. The van der Waals surface area contributed by atoms with Crippen molar-refractivity contribution in [3.8, 4) is 11.1 Å². The number of carboxylic acids is 1. The smallest absolute Gasteiger partial charge is 0.308 e. The molecule has 2 aromatic rings. The summed E-state index contributed by atoms with van der Waals surface area (Å²) < 4.78 is 0. The maximum Gasteiger partial charge on any atom is 0.308 e. The van der Waals surface area contributed by atoms with E-state index < -0.39 is 11.9 Å². The van der Waals surface area contributed by atoms with Gasteiger partial charge in [-0.2, -0.15) is 0 Å². The third kappa shape index (κ3) is 3.59. The Morgan fingerprint density at radius 1 is 1.00 bits per heavy atom. The first-order chi connectivity index (χ1) is 11.1. The van der Waals surface area contributed by atoms with Crippen molar-refractivity contribution in [2.45, 2.75) is 12.8 Å². The Morgan fingerprint density at radius 2 is 1.65 bits per heavy atom. The lowest BCUT2D eigenvalue weighted by molar-refractivity contribution is -0.141. The standard InChI is InChI=1S/C19H19NO3/c21-18(20-11-10-17(13-20)19(22)23)12-14-6-8-16(9-7-14)15-4-2-1-3-5-15/h1-9,17H,10-13H2,(H,22,23). The molecule has 0 spiro atoms. The number of carboxylic acid groups (broad SMARTS) is 1. The normalized spacial score (nSPS) is 17.2. The van der Waals surface area contributed by atoms with Gasteiger partial charge >= 0.3 is 5.97 Å². The number of carbonyl (C=O) groups excluding carboxylic acids is 1. The molecule has 1 fully saturated rings. The molecule has 2 aromatic carbocycles. The summed E-state index contributed by atoms with van der Waals surface area (Å²) in [4.78, 5) is 24.9. The summed E-state index contributed by atoms with van der Waals surface area (Å²) in [6, 6.07) is 18.0. The molecule has 1 atom stereocenters. The van der Waals surface area contributed by atoms with E-state index in [0.717, 1.165) is 16.7 Å². The Morgan fingerprint density at radius 3 is 2.26 bits per heavy atom. The lowest BCUT2D eigenvalue weighted by Gasteiger charge is -2.16. The summed E-state index contributed by atoms with van der Waals surface area (Å²) in [5, 5.41) is 9.00. The Kier molecular flexibility index (Phi) is 4.42. The second-order valence-electron chi connectivity index (χ2n) is 5.90. The van der Waals surface area contributed by atoms with Crippen molar-refractivity contribution in [2.75, 3.05) is 13.1 Å². The maximum absolute atomic E-state index is 12.3. The molecule has 0 aromatic heterocycles. The van der Waals surface area contributed by atoms with Gasteiger partial charge in [0.25, 0.3) is 0 Å². The van der Waals surface area contributed by atoms with Crippen molar-refractivity contribution in [2.24, 2.45) is 5.92 Å². The van der Waals surface area contributed by atoms with E-state index in [9.17, 15) is 9.59 Å². The third-order valence-corrected chi connectivity index (χ3v) is 4.31. The third-order valence-electron chi connectivity index (χ3n) is 4.31. The van der Waals surface area contributed by atoms with Crippen LogP contribution in [-0.4, -0.2) is 35.0 Å². The number of benzene rings is 2. The van der Waals surface area contributed by atoms with Gasteiger partial charge in [0.1, 0.15) is 0 Å². The highest BCUT2D eigenvalue weighted by Gasteiger charge is 2.30. The van der Waals surface area contributed by atoms with Gasteiger partial charge in [0.15, 0.2) is 0 Å². The second-order valence-corrected chi connectivity index (χ2v) is 5.90. The van der Waals surface area contributed by atoms with Gasteiger partial charge in [-0.05, 0) is 23.1 Å². The van der Waals surface area contributed by atoms with Gasteiger partial charge in [-0.25, -0.2) is 0 Å². The van der Waals surface area contributed by atoms with Gasteiger partial charge < -0.3 is 10.0 Å². The van der Waals surface area contributed by atoms with E-state index in [1.165, 1.54) is 0 Å². The molecule has 118 valence electrons. The molecule has 0 bridgehead atoms. The first-order valence-corrected chi connectivity index (χ1v) is 7.78. The van der Waals surface area contributed by atoms with Gasteiger partial charge in [-0.1, -0.05) is 54.6 Å². The van der Waals surface area contributed by atoms with Crippen molar-refractivity contribution in [1.82, 2.24) is 4.90 Å². The van der Waals surface area contributed by atoms with Gasteiger partial charge in [0, 0.05) is 13.1 Å². The van der Waals surface area contributed by atoms with Crippen molar-refractivity contribution in [3.05, 3.63) is 60.2 Å². The molecule has 1 aliphatic heterocycles. The van der Waals surface area contributed by atoms with Crippen molar-refractivity contribution >= 4 is 11.9 Å². The van der Waals surface area contributed by atoms with E-state index in [0.29, 0.717) is 25.9 Å². The van der Waals surface area contributed by atoms with Crippen LogP contribution in [0, 0.1) is 5.92 Å². The van der Waals surface area contributed by atoms with Crippen molar-refractivity contribution in [1.29, 1.82) is 0 Å². The molecule has 1 saturated heterocycles. The quantitative estimate of drug-likeness (QED) is 0.945. The zero-order valence-electron chi connectivity index (χ0n) is 12.8. The summed E-state index contributed by atoms with van der Waals surface area (Å²) in [5.74, 6) is -1.23.